The molecule has 0 N–H and O–H groups in total. The van der Waals surface area contributed by atoms with Crippen LogP contribution >= 0.6 is 0 Å². The lowest BCUT2D eigenvalue weighted by molar-refractivity contribution is -0.0397. The third kappa shape index (κ3) is 2.06. The predicted octanol–water partition coefficient (Wildman–Crippen LogP) is 2.27. The first-order valence-electron chi connectivity index (χ1n) is 5.24. The summed E-state index contributed by atoms with van der Waals surface area (Å²) in [5.41, 5.74) is 8.10. The summed E-state index contributed by atoms with van der Waals surface area (Å²) in [7, 11) is 0. The Balaban J connectivity index is 1.87. The Labute approximate surface area is 86.9 Å². The van der Waals surface area contributed by atoms with Crippen molar-refractivity contribution < 1.29 is 8.78 Å². The molecule has 0 radical (unpaired) electrons. The van der Waals surface area contributed by atoms with Gasteiger partial charge in [0.05, 0.1) is 0 Å². The average Bonchev–Trinajstić information content (AvgIpc) is 2.69. The number of alkyl halides is 2. The normalized spacial score (nSPS) is 33.7. The summed E-state index contributed by atoms with van der Waals surface area (Å²) in [6.07, 6.45) is 0.683. The topological polar surface area (TPSA) is 52.0 Å². The lowest BCUT2D eigenvalue weighted by Crippen LogP contribution is -2.30. The Morgan fingerprint density at radius 2 is 2.27 bits per heavy atom. The van der Waals surface area contributed by atoms with Crippen molar-refractivity contribution in [2.75, 3.05) is 26.2 Å². The van der Waals surface area contributed by atoms with Crippen molar-refractivity contribution in [2.45, 2.75) is 18.8 Å². The minimum atomic E-state index is -2.47. The molecule has 84 valence electrons. The van der Waals surface area contributed by atoms with Crippen LogP contribution in [-0.4, -0.2) is 37.0 Å². The molecule has 0 amide bonds. The second-order valence-electron chi connectivity index (χ2n) is 4.38. The first-order valence-corrected chi connectivity index (χ1v) is 5.24. The van der Waals surface area contributed by atoms with Gasteiger partial charge in [0.1, 0.15) is 0 Å². The summed E-state index contributed by atoms with van der Waals surface area (Å²) < 4.78 is 26.7. The molecule has 0 aromatic heterocycles. The molecule has 0 spiro atoms. The van der Waals surface area contributed by atoms with Gasteiger partial charge in [0, 0.05) is 43.4 Å². The maximum Gasteiger partial charge on any atom is 0.252 e. The van der Waals surface area contributed by atoms with Crippen LogP contribution in [0.5, 0.6) is 0 Å². The van der Waals surface area contributed by atoms with E-state index in [-0.39, 0.29) is 12.3 Å². The quantitative estimate of drug-likeness (QED) is 0.405. The molecule has 2 aliphatic rings. The number of azide groups is 1. The molecule has 1 heterocycles. The van der Waals surface area contributed by atoms with Gasteiger partial charge in [-0.25, -0.2) is 8.78 Å². The van der Waals surface area contributed by atoms with Crippen LogP contribution in [0.25, 0.3) is 10.4 Å². The third-order valence-corrected chi connectivity index (χ3v) is 3.49. The molecule has 1 saturated heterocycles. The summed E-state index contributed by atoms with van der Waals surface area (Å²) in [5, 5.41) is 3.42. The lowest BCUT2D eigenvalue weighted by atomic mass is 9.99. The molecule has 1 aliphatic carbocycles. The molecule has 0 bridgehead atoms. The van der Waals surface area contributed by atoms with E-state index in [1.807, 2.05) is 4.90 Å². The molecule has 0 aromatic rings. The molecule has 15 heavy (non-hydrogen) atoms. The Morgan fingerprint density at radius 1 is 1.47 bits per heavy atom. The van der Waals surface area contributed by atoms with Gasteiger partial charge in [0.25, 0.3) is 5.92 Å². The third-order valence-electron chi connectivity index (χ3n) is 3.49. The predicted molar refractivity (Wildman–Crippen MR) is 51.6 cm³/mol. The summed E-state index contributed by atoms with van der Waals surface area (Å²) in [6, 6.07) is 0. The van der Waals surface area contributed by atoms with Crippen molar-refractivity contribution >= 4 is 0 Å². The van der Waals surface area contributed by atoms with E-state index in [9.17, 15) is 8.78 Å². The van der Waals surface area contributed by atoms with Gasteiger partial charge in [-0.2, -0.15) is 0 Å². The van der Waals surface area contributed by atoms with Gasteiger partial charge in [-0.15, -0.1) is 0 Å². The number of nitrogens with zero attached hydrogens (tertiary/aromatic N) is 4. The fraction of sp³-hybridized carbons (Fsp3) is 1.00. The highest BCUT2D eigenvalue weighted by Crippen LogP contribution is 2.47. The van der Waals surface area contributed by atoms with Crippen molar-refractivity contribution in [3.05, 3.63) is 10.4 Å². The minimum absolute atomic E-state index is 0.0481. The van der Waals surface area contributed by atoms with Crippen LogP contribution < -0.4 is 0 Å². The molecule has 2 fully saturated rings. The van der Waals surface area contributed by atoms with Gasteiger partial charge in [0.15, 0.2) is 0 Å². The number of rotatable bonds is 3. The van der Waals surface area contributed by atoms with Crippen molar-refractivity contribution in [2.24, 2.45) is 17.0 Å². The molecule has 4 nitrogen and oxygen atoms in total. The van der Waals surface area contributed by atoms with Gasteiger partial charge in [-0.1, -0.05) is 5.11 Å². The van der Waals surface area contributed by atoms with E-state index < -0.39 is 11.8 Å². The molecule has 1 aliphatic heterocycles. The zero-order valence-corrected chi connectivity index (χ0v) is 8.44. The number of hydrogen-bond acceptors (Lipinski definition) is 2. The zero-order valence-electron chi connectivity index (χ0n) is 8.44. The fourth-order valence-corrected chi connectivity index (χ4v) is 2.71. The average molecular weight is 216 g/mol. The second kappa shape index (κ2) is 3.94. The van der Waals surface area contributed by atoms with Crippen LogP contribution in [0.2, 0.25) is 0 Å². The second-order valence-corrected chi connectivity index (χ2v) is 4.38. The first kappa shape index (κ1) is 10.6. The summed E-state index contributed by atoms with van der Waals surface area (Å²) in [6.45, 7) is 2.18. The molecule has 0 unspecified atom stereocenters. The highest BCUT2D eigenvalue weighted by atomic mass is 19.3. The van der Waals surface area contributed by atoms with E-state index in [2.05, 4.69) is 10.0 Å². The molecule has 2 rings (SSSR count). The lowest BCUT2D eigenvalue weighted by Gasteiger charge is -2.19. The maximum atomic E-state index is 13.4. The van der Waals surface area contributed by atoms with E-state index in [1.54, 1.807) is 0 Å². The Bertz CT molecular complexity index is 288. The summed E-state index contributed by atoms with van der Waals surface area (Å²) >= 11 is 0. The zero-order chi connectivity index (χ0) is 10.9. The molecule has 6 heteroatoms. The monoisotopic (exact) mass is 216 g/mol. The van der Waals surface area contributed by atoms with Crippen LogP contribution in [0, 0.1) is 11.8 Å². The number of halogens is 2. The van der Waals surface area contributed by atoms with Gasteiger partial charge >= 0.3 is 0 Å². The van der Waals surface area contributed by atoms with E-state index >= 15 is 0 Å². The van der Waals surface area contributed by atoms with Crippen LogP contribution in [-0.2, 0) is 0 Å². The smallest absolute Gasteiger partial charge is 0.252 e. The Morgan fingerprint density at radius 3 is 2.93 bits per heavy atom. The van der Waals surface area contributed by atoms with E-state index in [0.29, 0.717) is 26.1 Å². The van der Waals surface area contributed by atoms with Gasteiger partial charge in [0.2, 0.25) is 0 Å². The summed E-state index contributed by atoms with van der Waals surface area (Å²) in [4.78, 5) is 4.63. The minimum Gasteiger partial charge on any atom is -0.302 e. The SMILES string of the molecule is [N-]=[N+]=NCCN1C[C@@H]2CCC(F)(F)[C@H]2C1. The molecular formula is C9H14F2N4. The molecule has 1 saturated carbocycles. The van der Waals surface area contributed by atoms with Crippen LogP contribution in [0.15, 0.2) is 5.11 Å². The van der Waals surface area contributed by atoms with Crippen LogP contribution in [0.4, 0.5) is 8.78 Å². The number of fused-ring (bicyclic) bond motifs is 1. The largest absolute Gasteiger partial charge is 0.302 e. The van der Waals surface area contributed by atoms with Crippen molar-refractivity contribution in [1.82, 2.24) is 4.90 Å². The molecule has 2 atom stereocenters. The van der Waals surface area contributed by atoms with Crippen molar-refractivity contribution in [1.29, 1.82) is 0 Å². The number of hydrogen-bond donors (Lipinski definition) is 0. The van der Waals surface area contributed by atoms with Crippen LogP contribution in [0.1, 0.15) is 12.8 Å². The van der Waals surface area contributed by atoms with E-state index in [4.69, 9.17) is 5.53 Å². The van der Waals surface area contributed by atoms with Gasteiger partial charge in [-0.05, 0) is 17.9 Å². The van der Waals surface area contributed by atoms with Gasteiger partial charge in [-0.3, -0.25) is 0 Å². The fourth-order valence-electron chi connectivity index (χ4n) is 2.71. The Kier molecular flexibility index (Phi) is 2.80. The first-order chi connectivity index (χ1) is 7.13. The van der Waals surface area contributed by atoms with E-state index in [0.717, 1.165) is 6.54 Å². The van der Waals surface area contributed by atoms with Crippen LogP contribution in [0.3, 0.4) is 0 Å². The highest BCUT2D eigenvalue weighted by molar-refractivity contribution is 4.98. The molecule has 0 aromatic carbocycles. The highest BCUT2D eigenvalue weighted by Gasteiger charge is 2.53. The van der Waals surface area contributed by atoms with Crippen molar-refractivity contribution in [3.8, 4) is 0 Å². The van der Waals surface area contributed by atoms with E-state index in [1.165, 1.54) is 0 Å². The molecular weight excluding hydrogens is 202 g/mol. The summed E-state index contributed by atoms with van der Waals surface area (Å²) in [5.74, 6) is -2.80. The number of likely N-dealkylation sites (tertiary alicyclic amines) is 1. The Hall–Kier alpha value is -0.870. The standard InChI is InChI=1S/C9H14F2N4/c10-9(11)2-1-7-5-15(6-8(7)9)4-3-13-14-12/h7-8H,1-6H2/t7-,8-/m0/s1. The van der Waals surface area contributed by atoms with Gasteiger partial charge < -0.3 is 4.90 Å². The maximum absolute atomic E-state index is 13.4. The van der Waals surface area contributed by atoms with Crippen molar-refractivity contribution in [3.63, 3.8) is 0 Å².